The van der Waals surface area contributed by atoms with Crippen molar-refractivity contribution in [3.05, 3.63) is 84.2 Å². The van der Waals surface area contributed by atoms with Gasteiger partial charge in [-0.25, -0.2) is 9.18 Å². The second-order valence-corrected chi connectivity index (χ2v) is 8.01. The van der Waals surface area contributed by atoms with E-state index in [1.165, 1.54) is 6.07 Å². The van der Waals surface area contributed by atoms with Crippen molar-refractivity contribution in [2.24, 2.45) is 0 Å². The Morgan fingerprint density at radius 3 is 2.44 bits per heavy atom. The number of benzene rings is 3. The van der Waals surface area contributed by atoms with Crippen molar-refractivity contribution >= 4 is 28.5 Å². The highest BCUT2D eigenvalue weighted by molar-refractivity contribution is 5.99. The number of fused-ring (bicyclic) bond motifs is 1. The molecule has 1 aliphatic rings. The molecular weight excluding hydrogens is 437 g/mol. The minimum absolute atomic E-state index is 0.280. The quantitative estimate of drug-likeness (QED) is 0.418. The molecule has 0 N–H and O–H groups in total. The zero-order chi connectivity index (χ0) is 23.5. The van der Waals surface area contributed by atoms with E-state index in [9.17, 15) is 14.0 Å². The van der Waals surface area contributed by atoms with Gasteiger partial charge in [-0.05, 0) is 30.3 Å². The molecule has 0 spiro atoms. The molecule has 0 bridgehead atoms. The normalized spacial score (nSPS) is 13.8. The zero-order valence-corrected chi connectivity index (χ0v) is 18.3. The van der Waals surface area contributed by atoms with Crippen molar-refractivity contribution in [1.82, 2.24) is 10.1 Å². The van der Waals surface area contributed by atoms with E-state index in [-0.39, 0.29) is 18.3 Å². The molecule has 4 aromatic rings. The summed E-state index contributed by atoms with van der Waals surface area (Å²) in [6.07, 6.45) is 0. The lowest BCUT2D eigenvalue weighted by Gasteiger charge is -2.36. The SMILES string of the molecule is O=C(OCC(=O)N1CCN(c2ccccc2F)CC1)c1ccc2noc(-c3ccccc3)c2c1. The number of para-hydroxylation sites is 1. The van der Waals surface area contributed by atoms with Gasteiger partial charge in [-0.15, -0.1) is 0 Å². The summed E-state index contributed by atoms with van der Waals surface area (Å²) >= 11 is 0. The van der Waals surface area contributed by atoms with Crippen LogP contribution in [0.25, 0.3) is 22.2 Å². The molecule has 0 atom stereocenters. The molecule has 0 radical (unpaired) electrons. The van der Waals surface area contributed by atoms with Crippen molar-refractivity contribution in [3.8, 4) is 11.3 Å². The maximum atomic E-state index is 14.0. The first-order valence-electron chi connectivity index (χ1n) is 11.0. The molecule has 5 rings (SSSR count). The fourth-order valence-corrected chi connectivity index (χ4v) is 4.07. The van der Waals surface area contributed by atoms with Crippen LogP contribution >= 0.6 is 0 Å². The molecule has 0 aliphatic carbocycles. The number of anilines is 1. The lowest BCUT2D eigenvalue weighted by molar-refractivity contribution is -0.134. The largest absolute Gasteiger partial charge is 0.452 e. The van der Waals surface area contributed by atoms with Crippen molar-refractivity contribution < 1.29 is 23.2 Å². The number of halogens is 1. The summed E-state index contributed by atoms with van der Waals surface area (Å²) < 4.78 is 24.8. The molecule has 1 aliphatic heterocycles. The number of hydrogen-bond acceptors (Lipinski definition) is 6. The molecular formula is C26H22FN3O4. The summed E-state index contributed by atoms with van der Waals surface area (Å²) in [6.45, 7) is 1.52. The van der Waals surface area contributed by atoms with Crippen LogP contribution in [0, 0.1) is 5.82 Å². The third-order valence-electron chi connectivity index (χ3n) is 5.90. The molecule has 2 heterocycles. The minimum atomic E-state index is -0.597. The van der Waals surface area contributed by atoms with Gasteiger partial charge in [0.05, 0.1) is 16.6 Å². The molecule has 1 saturated heterocycles. The van der Waals surface area contributed by atoms with Crippen LogP contribution in [0.1, 0.15) is 10.4 Å². The standard InChI is InChI=1S/C26H22FN3O4/c27-21-8-4-5-9-23(21)29-12-14-30(15-13-29)24(31)17-33-26(32)19-10-11-22-20(16-19)25(34-28-22)18-6-2-1-3-7-18/h1-11,16H,12-15,17H2. The van der Waals surface area contributed by atoms with Crippen LogP contribution in [0.15, 0.2) is 77.3 Å². The second-order valence-electron chi connectivity index (χ2n) is 8.01. The van der Waals surface area contributed by atoms with Gasteiger partial charge in [-0.2, -0.15) is 0 Å². The summed E-state index contributed by atoms with van der Waals surface area (Å²) in [5.41, 5.74) is 2.31. The van der Waals surface area contributed by atoms with Gasteiger partial charge in [-0.3, -0.25) is 4.79 Å². The Labute approximate surface area is 195 Å². The maximum Gasteiger partial charge on any atom is 0.338 e. The van der Waals surface area contributed by atoms with E-state index >= 15 is 0 Å². The number of hydrogen-bond donors (Lipinski definition) is 0. The highest BCUT2D eigenvalue weighted by Crippen LogP contribution is 2.29. The summed E-state index contributed by atoms with van der Waals surface area (Å²) in [6, 6.07) is 21.0. The smallest absolute Gasteiger partial charge is 0.338 e. The van der Waals surface area contributed by atoms with E-state index < -0.39 is 5.97 Å². The molecule has 1 fully saturated rings. The van der Waals surface area contributed by atoms with E-state index in [1.807, 2.05) is 35.2 Å². The highest BCUT2D eigenvalue weighted by Gasteiger charge is 2.24. The summed E-state index contributed by atoms with van der Waals surface area (Å²) in [5, 5.41) is 4.74. The summed E-state index contributed by atoms with van der Waals surface area (Å²) in [5.74, 6) is -0.594. The highest BCUT2D eigenvalue weighted by atomic mass is 19.1. The van der Waals surface area contributed by atoms with Crippen LogP contribution < -0.4 is 4.90 Å². The number of esters is 1. The lowest BCUT2D eigenvalue weighted by atomic mass is 10.1. The van der Waals surface area contributed by atoms with Crippen LogP contribution in [0.3, 0.4) is 0 Å². The van der Waals surface area contributed by atoms with Crippen LogP contribution in [0.2, 0.25) is 0 Å². The third-order valence-corrected chi connectivity index (χ3v) is 5.90. The average molecular weight is 459 g/mol. The van der Waals surface area contributed by atoms with Crippen LogP contribution in [-0.4, -0.2) is 54.7 Å². The van der Waals surface area contributed by atoms with Gasteiger partial charge in [0.1, 0.15) is 11.3 Å². The third kappa shape index (κ3) is 4.34. The average Bonchev–Trinajstić information content (AvgIpc) is 3.31. The van der Waals surface area contributed by atoms with Gasteiger partial charge in [0.2, 0.25) is 0 Å². The van der Waals surface area contributed by atoms with Gasteiger partial charge in [0.25, 0.3) is 5.91 Å². The van der Waals surface area contributed by atoms with E-state index in [1.54, 1.807) is 41.3 Å². The van der Waals surface area contributed by atoms with Gasteiger partial charge >= 0.3 is 5.97 Å². The van der Waals surface area contributed by atoms with Crippen LogP contribution in [-0.2, 0) is 9.53 Å². The molecule has 3 aromatic carbocycles. The fourth-order valence-electron chi connectivity index (χ4n) is 4.07. The maximum absolute atomic E-state index is 14.0. The monoisotopic (exact) mass is 459 g/mol. The zero-order valence-electron chi connectivity index (χ0n) is 18.3. The van der Waals surface area contributed by atoms with Crippen molar-refractivity contribution in [2.45, 2.75) is 0 Å². The number of rotatable bonds is 5. The first-order chi connectivity index (χ1) is 16.6. The molecule has 8 heteroatoms. The van der Waals surface area contributed by atoms with Crippen molar-refractivity contribution in [3.63, 3.8) is 0 Å². The topological polar surface area (TPSA) is 75.9 Å². The van der Waals surface area contributed by atoms with E-state index in [2.05, 4.69) is 5.16 Å². The predicted molar refractivity (Wildman–Crippen MR) is 125 cm³/mol. The Morgan fingerprint density at radius 2 is 1.68 bits per heavy atom. The molecule has 7 nitrogen and oxygen atoms in total. The Bertz CT molecular complexity index is 1330. The lowest BCUT2D eigenvalue weighted by Crippen LogP contribution is -2.50. The Kier molecular flexibility index (Phi) is 5.95. The minimum Gasteiger partial charge on any atom is -0.452 e. The van der Waals surface area contributed by atoms with E-state index in [0.29, 0.717) is 54.1 Å². The first-order valence-corrected chi connectivity index (χ1v) is 11.0. The molecule has 34 heavy (non-hydrogen) atoms. The number of piperazine rings is 1. The van der Waals surface area contributed by atoms with Crippen LogP contribution in [0.4, 0.5) is 10.1 Å². The number of carbonyl (C=O) groups excluding carboxylic acids is 2. The van der Waals surface area contributed by atoms with Gasteiger partial charge < -0.3 is 19.1 Å². The Morgan fingerprint density at radius 1 is 0.941 bits per heavy atom. The molecule has 1 aromatic heterocycles. The molecule has 0 unspecified atom stereocenters. The van der Waals surface area contributed by atoms with Gasteiger partial charge in [-0.1, -0.05) is 47.6 Å². The van der Waals surface area contributed by atoms with E-state index in [0.717, 1.165) is 5.56 Å². The van der Waals surface area contributed by atoms with Crippen LogP contribution in [0.5, 0.6) is 0 Å². The molecule has 172 valence electrons. The number of carbonyl (C=O) groups is 2. The van der Waals surface area contributed by atoms with E-state index in [4.69, 9.17) is 9.26 Å². The number of aromatic nitrogens is 1. The molecule has 1 amide bonds. The summed E-state index contributed by atoms with van der Waals surface area (Å²) in [4.78, 5) is 28.7. The number of ether oxygens (including phenoxy) is 1. The second kappa shape index (κ2) is 9.35. The fraction of sp³-hybridized carbons (Fsp3) is 0.192. The number of amides is 1. The van der Waals surface area contributed by atoms with Crippen molar-refractivity contribution in [1.29, 1.82) is 0 Å². The van der Waals surface area contributed by atoms with Crippen molar-refractivity contribution in [2.75, 3.05) is 37.7 Å². The Hall–Kier alpha value is -4.20. The first kappa shape index (κ1) is 21.6. The Balaban J connectivity index is 1.20. The summed E-state index contributed by atoms with van der Waals surface area (Å²) in [7, 11) is 0. The van der Waals surface area contributed by atoms with Gasteiger partial charge in [0.15, 0.2) is 12.4 Å². The predicted octanol–water partition coefficient (Wildman–Crippen LogP) is 4.14. The van der Waals surface area contributed by atoms with Gasteiger partial charge in [0, 0.05) is 31.7 Å². The number of nitrogens with zero attached hydrogens (tertiary/aromatic N) is 3. The molecule has 0 saturated carbocycles.